The van der Waals surface area contributed by atoms with Gasteiger partial charge in [-0.3, -0.25) is 14.5 Å². The number of nitrogens with two attached hydrogens (primary N) is 2. The van der Waals surface area contributed by atoms with E-state index in [-0.39, 0.29) is 23.5 Å². The van der Waals surface area contributed by atoms with Gasteiger partial charge in [-0.05, 0) is 63.8 Å². The summed E-state index contributed by atoms with van der Waals surface area (Å²) in [5.74, 6) is -0.900. The summed E-state index contributed by atoms with van der Waals surface area (Å²) in [6, 6.07) is 8.45. The lowest BCUT2D eigenvalue weighted by atomic mass is 9.99. The molecule has 0 aromatic heterocycles. The van der Waals surface area contributed by atoms with Crippen LogP contribution in [-0.4, -0.2) is 67.2 Å². The van der Waals surface area contributed by atoms with E-state index in [0.717, 1.165) is 63.1 Å². The average molecular weight is 599 g/mol. The summed E-state index contributed by atoms with van der Waals surface area (Å²) in [5.41, 5.74) is 12.5. The highest BCUT2D eigenvalue weighted by molar-refractivity contribution is 6.30. The van der Waals surface area contributed by atoms with Crippen LogP contribution in [-0.2, 0) is 16.0 Å². The van der Waals surface area contributed by atoms with E-state index in [1.807, 2.05) is 38.2 Å². The molecule has 0 radical (unpaired) electrons. The van der Waals surface area contributed by atoms with Crippen molar-refractivity contribution in [3.05, 3.63) is 46.4 Å². The largest absolute Gasteiger partial charge is 0.396 e. The number of aliphatic hydroxyl groups excluding tert-OH is 1. The first-order chi connectivity index (χ1) is 19.6. The topological polar surface area (TPSA) is 146 Å². The van der Waals surface area contributed by atoms with Crippen molar-refractivity contribution in [2.75, 3.05) is 33.3 Å². The van der Waals surface area contributed by atoms with Crippen molar-refractivity contribution in [3.8, 4) is 0 Å². The number of rotatable bonds is 17. The highest BCUT2D eigenvalue weighted by atomic mass is 35.5. The predicted octanol–water partition coefficient (Wildman–Crippen LogP) is 4.28. The Morgan fingerprint density at radius 3 is 1.90 bits per heavy atom. The van der Waals surface area contributed by atoms with Crippen molar-refractivity contribution in [1.82, 2.24) is 20.9 Å². The fourth-order valence-corrected chi connectivity index (χ4v) is 4.30. The lowest BCUT2D eigenvalue weighted by Gasteiger charge is -2.38. The first-order valence-electron chi connectivity index (χ1n) is 15.2. The maximum absolute atomic E-state index is 12.7. The SMILES string of the molecule is CCCC(CCC)N(CCNC)C(CC)CC(=O)NC(C(=O)NCC)=C(N)N.CCCO.CCc1ccc(Cl)cc1. The number of halogens is 1. The number of benzene rings is 1. The molecule has 1 atom stereocenters. The third-order valence-corrected chi connectivity index (χ3v) is 6.61. The van der Waals surface area contributed by atoms with Crippen molar-refractivity contribution < 1.29 is 14.7 Å². The zero-order valence-electron chi connectivity index (χ0n) is 26.7. The zero-order chi connectivity index (χ0) is 31.6. The van der Waals surface area contributed by atoms with Gasteiger partial charge in [-0.25, -0.2) is 0 Å². The molecule has 0 aliphatic rings. The first kappa shape index (κ1) is 40.8. The van der Waals surface area contributed by atoms with E-state index in [1.54, 1.807) is 6.92 Å². The Balaban J connectivity index is 0. The molecule has 0 heterocycles. The average Bonchev–Trinajstić information content (AvgIpc) is 2.96. The number of aryl methyl sites for hydroxylation is 1. The van der Waals surface area contributed by atoms with Crippen LogP contribution in [0.1, 0.15) is 92.1 Å². The smallest absolute Gasteiger partial charge is 0.271 e. The zero-order valence-corrected chi connectivity index (χ0v) is 27.4. The lowest BCUT2D eigenvalue weighted by molar-refractivity contribution is -0.125. The minimum absolute atomic E-state index is 0.0675. The monoisotopic (exact) mass is 598 g/mol. The van der Waals surface area contributed by atoms with Crippen molar-refractivity contribution in [1.29, 1.82) is 0 Å². The maximum Gasteiger partial charge on any atom is 0.271 e. The Kier molecular flexibility index (Phi) is 26.4. The van der Waals surface area contributed by atoms with Crippen LogP contribution in [0.4, 0.5) is 0 Å². The van der Waals surface area contributed by atoms with Gasteiger partial charge in [-0.2, -0.15) is 0 Å². The van der Waals surface area contributed by atoms with E-state index in [1.165, 1.54) is 5.56 Å². The molecule has 0 spiro atoms. The maximum atomic E-state index is 12.7. The summed E-state index contributed by atoms with van der Waals surface area (Å²) >= 11 is 5.67. The third-order valence-electron chi connectivity index (χ3n) is 6.36. The van der Waals surface area contributed by atoms with Gasteiger partial charge < -0.3 is 32.5 Å². The molecule has 8 N–H and O–H groups in total. The Morgan fingerprint density at radius 1 is 0.951 bits per heavy atom. The summed E-state index contributed by atoms with van der Waals surface area (Å²) in [4.78, 5) is 27.2. The van der Waals surface area contributed by atoms with Gasteiger partial charge in [0.25, 0.3) is 5.91 Å². The van der Waals surface area contributed by atoms with Crippen molar-refractivity contribution in [2.45, 2.75) is 105 Å². The molecule has 0 fully saturated rings. The number of carbonyl (C=O) groups excluding carboxylic acids is 2. The molecule has 1 rings (SSSR count). The van der Waals surface area contributed by atoms with Gasteiger partial charge in [0.05, 0.1) is 0 Å². The van der Waals surface area contributed by atoms with Gasteiger partial charge in [0, 0.05) is 49.8 Å². The molecule has 2 amide bonds. The summed E-state index contributed by atoms with van der Waals surface area (Å²) in [5, 5.41) is 17.1. The van der Waals surface area contributed by atoms with E-state index >= 15 is 0 Å². The van der Waals surface area contributed by atoms with Gasteiger partial charge in [-0.1, -0.05) is 71.2 Å². The minimum atomic E-state index is -0.467. The van der Waals surface area contributed by atoms with Crippen molar-refractivity contribution in [3.63, 3.8) is 0 Å². The third kappa shape index (κ3) is 19.4. The summed E-state index contributed by atoms with van der Waals surface area (Å²) in [7, 11) is 1.94. The van der Waals surface area contributed by atoms with Crippen molar-refractivity contribution in [2.24, 2.45) is 11.5 Å². The number of nitrogens with zero attached hydrogens (tertiary/aromatic N) is 1. The minimum Gasteiger partial charge on any atom is -0.396 e. The summed E-state index contributed by atoms with van der Waals surface area (Å²) < 4.78 is 0. The highest BCUT2D eigenvalue weighted by Gasteiger charge is 2.27. The highest BCUT2D eigenvalue weighted by Crippen LogP contribution is 2.20. The molecule has 10 heteroatoms. The molecule has 0 saturated carbocycles. The lowest BCUT2D eigenvalue weighted by Crippen LogP contribution is -2.48. The molecule has 0 saturated heterocycles. The second-order valence-corrected chi connectivity index (χ2v) is 10.2. The Morgan fingerprint density at radius 2 is 1.51 bits per heavy atom. The number of carbonyl (C=O) groups is 2. The van der Waals surface area contributed by atoms with Crippen LogP contribution in [0, 0.1) is 0 Å². The van der Waals surface area contributed by atoms with Gasteiger partial charge in [0.15, 0.2) is 0 Å². The fraction of sp³-hybridized carbons (Fsp3) is 0.677. The van der Waals surface area contributed by atoms with E-state index < -0.39 is 5.91 Å². The number of amides is 2. The molecule has 0 aliphatic carbocycles. The number of hydrogen-bond acceptors (Lipinski definition) is 7. The van der Waals surface area contributed by atoms with Crippen LogP contribution in [0.5, 0.6) is 0 Å². The van der Waals surface area contributed by atoms with Crippen molar-refractivity contribution >= 4 is 23.4 Å². The predicted molar refractivity (Wildman–Crippen MR) is 173 cm³/mol. The van der Waals surface area contributed by atoms with Gasteiger partial charge in [0.1, 0.15) is 11.5 Å². The molecule has 0 bridgehead atoms. The van der Waals surface area contributed by atoms with Gasteiger partial charge >= 0.3 is 0 Å². The van der Waals surface area contributed by atoms with Gasteiger partial charge in [0.2, 0.25) is 5.91 Å². The van der Waals surface area contributed by atoms with E-state index in [4.69, 9.17) is 28.2 Å². The Labute approximate surface area is 254 Å². The normalized spacial score (nSPS) is 11.1. The van der Waals surface area contributed by atoms with Crippen LogP contribution in [0.3, 0.4) is 0 Å². The van der Waals surface area contributed by atoms with Crippen LogP contribution in [0.2, 0.25) is 5.02 Å². The van der Waals surface area contributed by atoms with E-state index in [2.05, 4.69) is 48.5 Å². The molecule has 0 aliphatic heterocycles. The van der Waals surface area contributed by atoms with Crippen LogP contribution >= 0.6 is 11.6 Å². The number of likely N-dealkylation sites (N-methyl/N-ethyl adjacent to an activating group) is 2. The molecule has 1 aromatic rings. The quantitative estimate of drug-likeness (QED) is 0.147. The summed E-state index contributed by atoms with van der Waals surface area (Å²) in [6.07, 6.45) is 7.52. The molecule has 9 nitrogen and oxygen atoms in total. The number of aliphatic hydroxyl groups is 1. The van der Waals surface area contributed by atoms with Gasteiger partial charge in [-0.15, -0.1) is 0 Å². The molecule has 1 aromatic carbocycles. The van der Waals surface area contributed by atoms with Crippen LogP contribution in [0.15, 0.2) is 35.8 Å². The molecule has 238 valence electrons. The van der Waals surface area contributed by atoms with Crippen LogP contribution in [0.25, 0.3) is 0 Å². The fourth-order valence-electron chi connectivity index (χ4n) is 4.18. The molecule has 1 unspecified atom stereocenters. The standard InChI is InChI=1S/C20H42N6O2.C8H9Cl.C3H8O/c1-6-10-16(11-7-2)26(13-12-23-5)15(8-3)14-17(27)25-18(19(21)22)20(28)24-9-4;1-2-7-3-5-8(9)6-4-7;1-2-3-4/h15-16,23H,6-14,21-22H2,1-5H3,(H,24,28)(H,25,27);3-6H,2H2,1H3;4H,2-3H2,1H3. The molecule has 41 heavy (non-hydrogen) atoms. The first-order valence-corrected chi connectivity index (χ1v) is 15.6. The second-order valence-electron chi connectivity index (χ2n) is 9.78. The summed E-state index contributed by atoms with van der Waals surface area (Å²) in [6.45, 7) is 14.8. The van der Waals surface area contributed by atoms with Crippen LogP contribution < -0.4 is 27.4 Å². The number of nitrogens with one attached hydrogen (secondary N) is 3. The van der Waals surface area contributed by atoms with E-state index in [9.17, 15) is 9.59 Å². The second kappa shape index (κ2) is 26.6. The van der Waals surface area contributed by atoms with E-state index in [0.29, 0.717) is 25.6 Å². The number of hydrogen-bond donors (Lipinski definition) is 6. The Hall–Kier alpha value is -2.33. The Bertz CT molecular complexity index is 824. The molecular weight excluding hydrogens is 540 g/mol. The molecular formula is C31H59ClN6O3.